The van der Waals surface area contributed by atoms with Gasteiger partial charge in [-0.05, 0) is 12.1 Å². The lowest BCUT2D eigenvalue weighted by atomic mass is 10.1. The lowest BCUT2D eigenvalue weighted by Gasteiger charge is -2.10. The summed E-state index contributed by atoms with van der Waals surface area (Å²) in [5, 5.41) is 15.6. The van der Waals surface area contributed by atoms with Crippen molar-refractivity contribution in [1.82, 2.24) is 10.3 Å². The minimum atomic E-state index is -1.31. The minimum absolute atomic E-state index is 0.301. The Morgan fingerprint density at radius 3 is 2.86 bits per heavy atom. The van der Waals surface area contributed by atoms with Crippen LogP contribution in [0, 0.1) is 5.82 Å². The van der Waals surface area contributed by atoms with Crippen LogP contribution in [0.2, 0.25) is 0 Å². The number of anilines is 1. The molecule has 110 valence electrons. The Bertz CT molecular complexity index is 646. The van der Waals surface area contributed by atoms with Crippen molar-refractivity contribution >= 4 is 29.0 Å². The number of nitrogens with zero attached hydrogens (tertiary/aromatic N) is 1. The predicted octanol–water partition coefficient (Wildman–Crippen LogP) is 2.34. The van der Waals surface area contributed by atoms with Gasteiger partial charge in [0.2, 0.25) is 0 Å². The van der Waals surface area contributed by atoms with Crippen molar-refractivity contribution in [2.24, 2.45) is 0 Å². The molecule has 1 aromatic heterocycles. The summed E-state index contributed by atoms with van der Waals surface area (Å²) in [5.41, 5.74) is 1.88. The van der Waals surface area contributed by atoms with E-state index in [4.69, 9.17) is 5.11 Å². The number of halogens is 1. The first-order valence-electron chi connectivity index (χ1n) is 6.01. The number of hydrogen-bond donors (Lipinski definition) is 3. The van der Waals surface area contributed by atoms with Gasteiger partial charge in [-0.1, -0.05) is 6.07 Å². The number of urea groups is 1. The molecule has 3 N–H and O–H groups in total. The third-order valence-electron chi connectivity index (χ3n) is 2.63. The van der Waals surface area contributed by atoms with Gasteiger partial charge in [0.05, 0.1) is 22.5 Å². The van der Waals surface area contributed by atoms with Crippen molar-refractivity contribution in [3.63, 3.8) is 0 Å². The standard InChI is InChI=1S/C13H12FN3O3S/c14-10-3-1-2-9(12(18)19)11(10)17-13(20)15-5-4-8-6-21-7-16-8/h1-3,6-7H,4-5H2,(H,18,19)(H2,15,17,20). The van der Waals surface area contributed by atoms with Crippen molar-refractivity contribution in [2.45, 2.75) is 6.42 Å². The zero-order valence-corrected chi connectivity index (χ0v) is 11.6. The maximum Gasteiger partial charge on any atom is 0.337 e. The fourth-order valence-corrected chi connectivity index (χ4v) is 2.25. The quantitative estimate of drug-likeness (QED) is 0.790. The number of thiazole rings is 1. The van der Waals surface area contributed by atoms with E-state index >= 15 is 0 Å². The summed E-state index contributed by atoms with van der Waals surface area (Å²) in [4.78, 5) is 26.7. The largest absolute Gasteiger partial charge is 0.478 e. The molecule has 0 aliphatic carbocycles. The number of aromatic nitrogens is 1. The van der Waals surface area contributed by atoms with E-state index in [1.165, 1.54) is 23.5 Å². The highest BCUT2D eigenvalue weighted by molar-refractivity contribution is 7.07. The van der Waals surface area contributed by atoms with E-state index in [9.17, 15) is 14.0 Å². The van der Waals surface area contributed by atoms with Crippen LogP contribution in [0.15, 0.2) is 29.1 Å². The minimum Gasteiger partial charge on any atom is -0.478 e. The fourth-order valence-electron chi connectivity index (χ4n) is 1.65. The molecule has 0 saturated carbocycles. The number of para-hydroxylation sites is 1. The predicted molar refractivity (Wildman–Crippen MR) is 76.2 cm³/mol. The van der Waals surface area contributed by atoms with Crippen LogP contribution in [0.5, 0.6) is 0 Å². The van der Waals surface area contributed by atoms with E-state index in [0.717, 1.165) is 11.8 Å². The van der Waals surface area contributed by atoms with Crippen LogP contribution in [0.4, 0.5) is 14.9 Å². The fraction of sp³-hybridized carbons (Fsp3) is 0.154. The van der Waals surface area contributed by atoms with E-state index in [-0.39, 0.29) is 11.3 Å². The number of benzene rings is 1. The number of carbonyl (C=O) groups is 2. The first kappa shape index (κ1) is 14.9. The van der Waals surface area contributed by atoms with Crippen LogP contribution >= 0.6 is 11.3 Å². The van der Waals surface area contributed by atoms with E-state index in [1.807, 2.05) is 5.38 Å². The number of aromatic carboxylic acids is 1. The molecular formula is C13H12FN3O3S. The van der Waals surface area contributed by atoms with E-state index < -0.39 is 17.8 Å². The Kier molecular flexibility index (Phi) is 4.83. The third kappa shape index (κ3) is 3.99. The van der Waals surface area contributed by atoms with Crippen molar-refractivity contribution < 1.29 is 19.1 Å². The highest BCUT2D eigenvalue weighted by Crippen LogP contribution is 2.19. The van der Waals surface area contributed by atoms with Gasteiger partial charge >= 0.3 is 12.0 Å². The third-order valence-corrected chi connectivity index (χ3v) is 3.27. The van der Waals surface area contributed by atoms with Crippen molar-refractivity contribution in [2.75, 3.05) is 11.9 Å². The lowest BCUT2D eigenvalue weighted by Crippen LogP contribution is -2.31. The maximum atomic E-state index is 13.6. The molecule has 0 saturated heterocycles. The molecule has 0 radical (unpaired) electrons. The molecule has 1 heterocycles. The first-order valence-corrected chi connectivity index (χ1v) is 6.96. The number of rotatable bonds is 5. The number of carbonyl (C=O) groups excluding carboxylic acids is 1. The summed E-state index contributed by atoms with van der Waals surface area (Å²) in [7, 11) is 0. The van der Waals surface area contributed by atoms with Crippen molar-refractivity contribution in [1.29, 1.82) is 0 Å². The molecule has 6 nitrogen and oxygen atoms in total. The highest BCUT2D eigenvalue weighted by atomic mass is 32.1. The monoisotopic (exact) mass is 309 g/mol. The van der Waals surface area contributed by atoms with Crippen LogP contribution in [0.25, 0.3) is 0 Å². The summed E-state index contributed by atoms with van der Waals surface area (Å²) in [6.45, 7) is 0.312. The molecule has 0 unspecified atom stereocenters. The van der Waals surface area contributed by atoms with Crippen LogP contribution in [-0.2, 0) is 6.42 Å². The van der Waals surface area contributed by atoms with E-state index in [2.05, 4.69) is 15.6 Å². The van der Waals surface area contributed by atoms with Gasteiger partial charge in [-0.3, -0.25) is 0 Å². The van der Waals surface area contributed by atoms with Gasteiger partial charge in [0.1, 0.15) is 5.82 Å². The molecular weight excluding hydrogens is 297 g/mol. The Hall–Kier alpha value is -2.48. The topological polar surface area (TPSA) is 91.3 Å². The summed E-state index contributed by atoms with van der Waals surface area (Å²) < 4.78 is 13.6. The smallest absolute Gasteiger partial charge is 0.337 e. The molecule has 2 aromatic rings. The van der Waals surface area contributed by atoms with Crippen LogP contribution in [0.3, 0.4) is 0 Å². The number of hydrogen-bond acceptors (Lipinski definition) is 4. The van der Waals surface area contributed by atoms with Gasteiger partial charge in [0.15, 0.2) is 0 Å². The summed E-state index contributed by atoms with van der Waals surface area (Å²) >= 11 is 1.45. The molecule has 0 aliphatic heterocycles. The second kappa shape index (κ2) is 6.80. The Balaban J connectivity index is 1.95. The van der Waals surface area contributed by atoms with Gasteiger partial charge < -0.3 is 15.7 Å². The Labute approximate surface area is 123 Å². The summed E-state index contributed by atoms with van der Waals surface area (Å²) in [6, 6.07) is 2.90. The van der Waals surface area contributed by atoms with Crippen LogP contribution in [-0.4, -0.2) is 28.6 Å². The molecule has 0 atom stereocenters. The zero-order valence-electron chi connectivity index (χ0n) is 10.8. The molecule has 0 aliphatic rings. The Morgan fingerprint density at radius 2 is 2.19 bits per heavy atom. The lowest BCUT2D eigenvalue weighted by molar-refractivity contribution is 0.0697. The van der Waals surface area contributed by atoms with Gasteiger partial charge in [-0.2, -0.15) is 0 Å². The summed E-state index contributed by atoms with van der Waals surface area (Å²) in [6.07, 6.45) is 0.542. The van der Waals surface area contributed by atoms with Crippen molar-refractivity contribution in [3.8, 4) is 0 Å². The maximum absolute atomic E-state index is 13.6. The average molecular weight is 309 g/mol. The SMILES string of the molecule is O=C(NCCc1cscn1)Nc1c(F)cccc1C(=O)O. The van der Waals surface area contributed by atoms with E-state index in [0.29, 0.717) is 13.0 Å². The average Bonchev–Trinajstić information content (AvgIpc) is 2.94. The molecule has 2 amide bonds. The molecule has 0 bridgehead atoms. The number of nitrogens with one attached hydrogen (secondary N) is 2. The molecule has 8 heteroatoms. The first-order chi connectivity index (χ1) is 10.1. The molecule has 2 rings (SSSR count). The van der Waals surface area contributed by atoms with Gasteiger partial charge in [0.25, 0.3) is 0 Å². The number of carboxylic acids is 1. The van der Waals surface area contributed by atoms with Gasteiger partial charge in [-0.25, -0.2) is 19.0 Å². The van der Waals surface area contributed by atoms with Gasteiger partial charge in [0, 0.05) is 18.3 Å². The number of carboxylic acid groups (broad SMARTS) is 1. The summed E-state index contributed by atoms with van der Waals surface area (Å²) in [5.74, 6) is -2.11. The zero-order chi connectivity index (χ0) is 15.2. The van der Waals surface area contributed by atoms with Crippen molar-refractivity contribution in [3.05, 3.63) is 46.2 Å². The molecule has 0 spiro atoms. The van der Waals surface area contributed by atoms with Gasteiger partial charge in [-0.15, -0.1) is 11.3 Å². The molecule has 1 aromatic carbocycles. The second-order valence-electron chi connectivity index (χ2n) is 4.08. The molecule has 0 fully saturated rings. The second-order valence-corrected chi connectivity index (χ2v) is 4.80. The highest BCUT2D eigenvalue weighted by Gasteiger charge is 2.16. The van der Waals surface area contributed by atoms with Crippen LogP contribution < -0.4 is 10.6 Å². The Morgan fingerprint density at radius 1 is 1.38 bits per heavy atom. The molecule has 21 heavy (non-hydrogen) atoms. The number of amides is 2. The van der Waals surface area contributed by atoms with E-state index in [1.54, 1.807) is 5.51 Å². The normalized spacial score (nSPS) is 10.1. The van der Waals surface area contributed by atoms with Crippen LogP contribution in [0.1, 0.15) is 16.1 Å².